The minimum absolute atomic E-state index is 0.824. The third kappa shape index (κ3) is 2.10. The van der Waals surface area contributed by atoms with Gasteiger partial charge in [0.25, 0.3) is 0 Å². The highest BCUT2D eigenvalue weighted by molar-refractivity contribution is 9.09. The van der Waals surface area contributed by atoms with Gasteiger partial charge in [-0.25, -0.2) is 0 Å². The third-order valence-electron chi connectivity index (χ3n) is 3.84. The van der Waals surface area contributed by atoms with Gasteiger partial charge in [0.1, 0.15) is 0 Å². The second-order valence-electron chi connectivity index (χ2n) is 4.55. The summed E-state index contributed by atoms with van der Waals surface area (Å²) in [5, 5.41) is 0. The van der Waals surface area contributed by atoms with Crippen LogP contribution in [0.4, 0.5) is 0 Å². The van der Waals surface area contributed by atoms with Crippen LogP contribution in [0.25, 0.3) is 0 Å². The van der Waals surface area contributed by atoms with Crippen molar-refractivity contribution in [3.8, 4) is 0 Å². The van der Waals surface area contributed by atoms with Crippen LogP contribution in [-0.2, 0) is 0 Å². The van der Waals surface area contributed by atoms with Crippen molar-refractivity contribution in [2.45, 2.75) is 37.4 Å². The van der Waals surface area contributed by atoms with Crippen molar-refractivity contribution in [3.63, 3.8) is 0 Å². The minimum atomic E-state index is 0.824. The molecule has 0 radical (unpaired) electrons. The lowest BCUT2D eigenvalue weighted by atomic mass is 9.75. The van der Waals surface area contributed by atoms with Crippen LogP contribution in [-0.4, -0.2) is 29.4 Å². The molecule has 0 bridgehead atoms. The molecule has 76 valence electrons. The van der Waals surface area contributed by atoms with Gasteiger partial charge in [-0.3, -0.25) is 0 Å². The Kier molecular flexibility index (Phi) is 3.31. The van der Waals surface area contributed by atoms with Gasteiger partial charge in [0, 0.05) is 11.4 Å². The number of hydrogen-bond acceptors (Lipinski definition) is 1. The molecule has 1 aliphatic carbocycles. The number of halogens is 1. The maximum atomic E-state index is 3.85. The fourth-order valence-electron chi connectivity index (χ4n) is 2.98. The van der Waals surface area contributed by atoms with Crippen molar-refractivity contribution in [2.75, 3.05) is 19.6 Å². The summed E-state index contributed by atoms with van der Waals surface area (Å²) in [6.07, 6.45) is 5.75. The summed E-state index contributed by atoms with van der Waals surface area (Å²) in [4.78, 5) is 3.44. The first-order chi connectivity index (χ1) is 6.31. The molecule has 2 fully saturated rings. The highest BCUT2D eigenvalue weighted by atomic mass is 79.9. The molecule has 0 aromatic heterocycles. The highest BCUT2D eigenvalue weighted by Crippen LogP contribution is 2.39. The van der Waals surface area contributed by atoms with Gasteiger partial charge in [-0.05, 0) is 44.2 Å². The summed E-state index contributed by atoms with van der Waals surface area (Å²) >= 11 is 3.85. The number of nitrogens with zero attached hydrogens (tertiary/aromatic N) is 1. The Morgan fingerprint density at radius 1 is 1.31 bits per heavy atom. The molecule has 0 amide bonds. The molecule has 1 aliphatic heterocycles. The van der Waals surface area contributed by atoms with Crippen LogP contribution in [0.5, 0.6) is 0 Å². The number of fused-ring (bicyclic) bond motifs is 1. The zero-order chi connectivity index (χ0) is 9.26. The Hall–Kier alpha value is 0.440. The number of likely N-dealkylation sites (tertiary alicyclic amines) is 1. The predicted molar refractivity (Wildman–Crippen MR) is 60.3 cm³/mol. The molecular formula is C11H20BrN. The standard InChI is InChI=1S/C11H20BrN/c1-2-13-7-6-10-9(8-13)4-3-5-11(10)12/h9-11H,2-8H2,1H3. The van der Waals surface area contributed by atoms with E-state index in [0.717, 1.165) is 16.7 Å². The van der Waals surface area contributed by atoms with Crippen LogP contribution in [0.3, 0.4) is 0 Å². The average Bonchev–Trinajstić information content (AvgIpc) is 2.18. The van der Waals surface area contributed by atoms with E-state index in [1.807, 2.05) is 0 Å². The average molecular weight is 246 g/mol. The number of hydrogen-bond donors (Lipinski definition) is 0. The molecule has 2 aliphatic rings. The maximum absolute atomic E-state index is 3.85. The van der Waals surface area contributed by atoms with E-state index in [0.29, 0.717) is 0 Å². The summed E-state index contributed by atoms with van der Waals surface area (Å²) in [5.74, 6) is 1.98. The Morgan fingerprint density at radius 3 is 2.92 bits per heavy atom. The van der Waals surface area contributed by atoms with Gasteiger partial charge in [0.15, 0.2) is 0 Å². The first kappa shape index (κ1) is 9.97. The Morgan fingerprint density at radius 2 is 2.15 bits per heavy atom. The lowest BCUT2D eigenvalue weighted by Gasteiger charge is -2.43. The van der Waals surface area contributed by atoms with Crippen LogP contribution in [0, 0.1) is 11.8 Å². The van der Waals surface area contributed by atoms with Gasteiger partial charge >= 0.3 is 0 Å². The van der Waals surface area contributed by atoms with Crippen molar-refractivity contribution in [3.05, 3.63) is 0 Å². The van der Waals surface area contributed by atoms with E-state index in [2.05, 4.69) is 27.8 Å². The molecule has 1 nitrogen and oxygen atoms in total. The molecule has 1 saturated heterocycles. The Balaban J connectivity index is 1.95. The van der Waals surface area contributed by atoms with E-state index in [-0.39, 0.29) is 0 Å². The van der Waals surface area contributed by atoms with Gasteiger partial charge in [-0.2, -0.15) is 0 Å². The smallest absolute Gasteiger partial charge is 0.0177 e. The van der Waals surface area contributed by atoms with Gasteiger partial charge in [0.2, 0.25) is 0 Å². The molecule has 3 unspecified atom stereocenters. The van der Waals surface area contributed by atoms with Crippen molar-refractivity contribution in [2.24, 2.45) is 11.8 Å². The molecule has 0 aromatic rings. The second kappa shape index (κ2) is 4.31. The SMILES string of the molecule is CCN1CCC2C(Br)CCCC2C1. The van der Waals surface area contributed by atoms with Crippen LogP contribution in [0.15, 0.2) is 0 Å². The van der Waals surface area contributed by atoms with Gasteiger partial charge in [-0.1, -0.05) is 29.3 Å². The van der Waals surface area contributed by atoms with Crippen LogP contribution in [0.2, 0.25) is 0 Å². The molecule has 2 rings (SSSR count). The summed E-state index contributed by atoms with van der Waals surface area (Å²) < 4.78 is 0. The van der Waals surface area contributed by atoms with E-state index in [1.54, 1.807) is 0 Å². The molecule has 0 spiro atoms. The molecular weight excluding hydrogens is 226 g/mol. The summed E-state index contributed by atoms with van der Waals surface area (Å²) in [6, 6.07) is 0. The van der Waals surface area contributed by atoms with E-state index < -0.39 is 0 Å². The van der Waals surface area contributed by atoms with E-state index in [4.69, 9.17) is 0 Å². The highest BCUT2D eigenvalue weighted by Gasteiger charge is 2.35. The van der Waals surface area contributed by atoms with Crippen molar-refractivity contribution in [1.29, 1.82) is 0 Å². The van der Waals surface area contributed by atoms with E-state index >= 15 is 0 Å². The third-order valence-corrected chi connectivity index (χ3v) is 4.98. The number of piperidine rings is 1. The van der Waals surface area contributed by atoms with Crippen LogP contribution in [0.1, 0.15) is 32.6 Å². The summed E-state index contributed by atoms with van der Waals surface area (Å²) in [5.41, 5.74) is 0. The topological polar surface area (TPSA) is 3.24 Å². The summed E-state index contributed by atoms with van der Waals surface area (Å²) in [6.45, 7) is 6.23. The first-order valence-electron chi connectivity index (χ1n) is 5.67. The molecule has 1 heterocycles. The van der Waals surface area contributed by atoms with Crippen molar-refractivity contribution >= 4 is 15.9 Å². The lowest BCUT2D eigenvalue weighted by Crippen LogP contribution is -2.44. The minimum Gasteiger partial charge on any atom is -0.303 e. The quantitative estimate of drug-likeness (QED) is 0.643. The molecule has 0 aromatic carbocycles. The normalized spacial score (nSPS) is 41.5. The molecule has 0 N–H and O–H groups in total. The first-order valence-corrected chi connectivity index (χ1v) is 6.59. The van der Waals surface area contributed by atoms with Crippen molar-refractivity contribution in [1.82, 2.24) is 4.90 Å². The monoisotopic (exact) mass is 245 g/mol. The second-order valence-corrected chi connectivity index (χ2v) is 5.73. The van der Waals surface area contributed by atoms with Crippen molar-refractivity contribution < 1.29 is 0 Å². The molecule has 13 heavy (non-hydrogen) atoms. The Bertz CT molecular complexity index is 171. The van der Waals surface area contributed by atoms with Gasteiger partial charge in [0.05, 0.1) is 0 Å². The summed E-state index contributed by atoms with van der Waals surface area (Å²) in [7, 11) is 0. The van der Waals surface area contributed by atoms with E-state index in [1.165, 1.54) is 45.3 Å². The predicted octanol–water partition coefficient (Wildman–Crippen LogP) is 2.89. The van der Waals surface area contributed by atoms with Crippen LogP contribution < -0.4 is 0 Å². The van der Waals surface area contributed by atoms with E-state index in [9.17, 15) is 0 Å². The van der Waals surface area contributed by atoms with Crippen LogP contribution >= 0.6 is 15.9 Å². The fraction of sp³-hybridized carbons (Fsp3) is 1.00. The fourth-order valence-corrected chi connectivity index (χ4v) is 4.00. The lowest BCUT2D eigenvalue weighted by molar-refractivity contribution is 0.0965. The molecule has 1 saturated carbocycles. The Labute approximate surface area is 90.0 Å². The van der Waals surface area contributed by atoms with Gasteiger partial charge in [-0.15, -0.1) is 0 Å². The zero-order valence-corrected chi connectivity index (χ0v) is 10.1. The van der Waals surface area contributed by atoms with Gasteiger partial charge < -0.3 is 4.90 Å². The largest absolute Gasteiger partial charge is 0.303 e. The maximum Gasteiger partial charge on any atom is 0.0177 e. The number of alkyl halides is 1. The molecule has 3 atom stereocenters. The molecule has 2 heteroatoms. The zero-order valence-electron chi connectivity index (χ0n) is 8.51. The number of rotatable bonds is 1.